The van der Waals surface area contributed by atoms with E-state index < -0.39 is 0 Å². The number of anilines is 2. The molecule has 33 heavy (non-hydrogen) atoms. The van der Waals surface area contributed by atoms with Gasteiger partial charge in [0.1, 0.15) is 5.82 Å². The number of hydrogen-bond donors (Lipinski definition) is 0. The Balaban J connectivity index is 1.27. The molecule has 3 aliphatic heterocycles. The molecular formula is C24H26ClN7O. The van der Waals surface area contributed by atoms with Gasteiger partial charge in [0.05, 0.1) is 12.2 Å². The molecule has 1 aromatic carbocycles. The van der Waals surface area contributed by atoms with Crippen LogP contribution in [0.2, 0.25) is 5.02 Å². The molecule has 0 N–H and O–H groups in total. The lowest BCUT2D eigenvalue weighted by atomic mass is 9.73. The monoisotopic (exact) mass is 463 g/mol. The van der Waals surface area contributed by atoms with Crippen molar-refractivity contribution in [3.05, 3.63) is 59.0 Å². The van der Waals surface area contributed by atoms with Crippen molar-refractivity contribution in [1.29, 1.82) is 0 Å². The molecule has 0 saturated carbocycles. The van der Waals surface area contributed by atoms with Crippen LogP contribution in [0.15, 0.2) is 42.6 Å². The van der Waals surface area contributed by atoms with Crippen LogP contribution < -0.4 is 9.80 Å². The van der Waals surface area contributed by atoms with E-state index in [4.69, 9.17) is 11.6 Å². The van der Waals surface area contributed by atoms with Crippen molar-refractivity contribution in [3.8, 4) is 5.69 Å². The summed E-state index contributed by atoms with van der Waals surface area (Å²) in [5.41, 5.74) is 2.28. The van der Waals surface area contributed by atoms with Gasteiger partial charge in [-0.05, 0) is 35.9 Å². The summed E-state index contributed by atoms with van der Waals surface area (Å²) >= 11 is 6.33. The van der Waals surface area contributed by atoms with Gasteiger partial charge in [-0.3, -0.25) is 9.36 Å². The summed E-state index contributed by atoms with van der Waals surface area (Å²) in [6.07, 6.45) is 1.84. The molecule has 0 atom stereocenters. The summed E-state index contributed by atoms with van der Waals surface area (Å²) in [5, 5.41) is 9.74. The van der Waals surface area contributed by atoms with Crippen LogP contribution in [-0.2, 0) is 17.9 Å². The molecule has 0 radical (unpaired) electrons. The number of nitrogens with zero attached hydrogens (tertiary/aromatic N) is 7. The number of amides is 1. The van der Waals surface area contributed by atoms with Crippen LogP contribution in [0, 0.1) is 11.3 Å². The largest absolute Gasteiger partial charge is 0.355 e. The average Bonchev–Trinajstić information content (AvgIpc) is 3.07. The lowest BCUT2D eigenvalue weighted by Crippen LogP contribution is -2.73. The van der Waals surface area contributed by atoms with Crippen LogP contribution in [0.5, 0.6) is 0 Å². The third kappa shape index (κ3) is 3.35. The highest BCUT2D eigenvalue weighted by atomic mass is 35.5. The van der Waals surface area contributed by atoms with E-state index in [2.05, 4.69) is 35.6 Å². The van der Waals surface area contributed by atoms with Gasteiger partial charge in [-0.1, -0.05) is 31.5 Å². The lowest BCUT2D eigenvalue weighted by Gasteiger charge is -2.60. The van der Waals surface area contributed by atoms with E-state index in [-0.39, 0.29) is 17.2 Å². The van der Waals surface area contributed by atoms with Crippen molar-refractivity contribution in [3.63, 3.8) is 0 Å². The molecule has 0 aliphatic carbocycles. The predicted octanol–water partition coefficient (Wildman–Crippen LogP) is 3.14. The van der Waals surface area contributed by atoms with Gasteiger partial charge in [-0.15, -0.1) is 10.2 Å². The van der Waals surface area contributed by atoms with E-state index in [0.717, 1.165) is 55.0 Å². The molecule has 2 aromatic heterocycles. The Kier molecular flexibility index (Phi) is 4.62. The molecular weight excluding hydrogens is 438 g/mol. The standard InChI is InChI=1S/C24H26ClN7O/c1-16(2)22(33)29-10-17-9-18(25)6-7-19(17)32-21(11-29)27-28-23(32)31-14-24(15-31)12-30(13-24)20-5-3-4-8-26-20/h3-9,16H,10-15H2,1-2H3. The molecule has 2 fully saturated rings. The van der Waals surface area contributed by atoms with Gasteiger partial charge < -0.3 is 14.7 Å². The Labute approximate surface area is 197 Å². The summed E-state index contributed by atoms with van der Waals surface area (Å²) < 4.78 is 2.11. The van der Waals surface area contributed by atoms with Crippen molar-refractivity contribution in [2.24, 2.45) is 11.3 Å². The summed E-state index contributed by atoms with van der Waals surface area (Å²) in [7, 11) is 0. The number of carbonyl (C=O) groups is 1. The Morgan fingerprint density at radius 1 is 1.03 bits per heavy atom. The normalized spacial score (nSPS) is 18.5. The zero-order valence-electron chi connectivity index (χ0n) is 18.8. The van der Waals surface area contributed by atoms with Crippen molar-refractivity contribution in [2.75, 3.05) is 36.0 Å². The first kappa shape index (κ1) is 20.5. The molecule has 6 rings (SSSR count). The third-order valence-electron chi connectivity index (χ3n) is 6.86. The lowest BCUT2D eigenvalue weighted by molar-refractivity contribution is -0.135. The van der Waals surface area contributed by atoms with Crippen molar-refractivity contribution >= 4 is 29.3 Å². The topological polar surface area (TPSA) is 70.4 Å². The number of carbonyl (C=O) groups excluding carboxylic acids is 1. The molecule has 9 heteroatoms. The number of pyridine rings is 1. The van der Waals surface area contributed by atoms with Crippen LogP contribution in [0.25, 0.3) is 5.69 Å². The van der Waals surface area contributed by atoms with Gasteiger partial charge in [-0.2, -0.15) is 0 Å². The Morgan fingerprint density at radius 3 is 2.55 bits per heavy atom. The second kappa shape index (κ2) is 7.45. The maximum atomic E-state index is 12.9. The minimum Gasteiger partial charge on any atom is -0.355 e. The first-order valence-electron chi connectivity index (χ1n) is 11.4. The number of fused-ring (bicyclic) bond motifs is 3. The number of halogens is 1. The predicted molar refractivity (Wildman–Crippen MR) is 127 cm³/mol. The third-order valence-corrected chi connectivity index (χ3v) is 7.09. The number of aromatic nitrogens is 4. The Bertz CT molecular complexity index is 1210. The minimum absolute atomic E-state index is 0.0857. The molecule has 3 aliphatic rings. The maximum absolute atomic E-state index is 12.9. The molecule has 0 bridgehead atoms. The fraction of sp³-hybridized carbons (Fsp3) is 0.417. The summed E-state index contributed by atoms with van der Waals surface area (Å²) in [4.78, 5) is 23.8. The number of rotatable bonds is 3. The van der Waals surface area contributed by atoms with Gasteiger partial charge in [0.2, 0.25) is 11.9 Å². The molecule has 8 nitrogen and oxygen atoms in total. The van der Waals surface area contributed by atoms with Crippen molar-refractivity contribution < 1.29 is 4.79 Å². The summed E-state index contributed by atoms with van der Waals surface area (Å²) in [6, 6.07) is 11.9. The van der Waals surface area contributed by atoms with E-state index >= 15 is 0 Å². The van der Waals surface area contributed by atoms with Gasteiger partial charge in [-0.25, -0.2) is 4.98 Å². The van der Waals surface area contributed by atoms with Gasteiger partial charge >= 0.3 is 0 Å². The fourth-order valence-corrected chi connectivity index (χ4v) is 5.48. The highest BCUT2D eigenvalue weighted by Gasteiger charge is 2.53. The molecule has 170 valence electrons. The molecule has 2 saturated heterocycles. The van der Waals surface area contributed by atoms with Crippen LogP contribution >= 0.6 is 11.6 Å². The Hall–Kier alpha value is -3.13. The van der Waals surface area contributed by atoms with Crippen molar-refractivity contribution in [2.45, 2.75) is 26.9 Å². The van der Waals surface area contributed by atoms with Crippen LogP contribution in [0.4, 0.5) is 11.8 Å². The van der Waals surface area contributed by atoms with E-state index in [1.165, 1.54) is 0 Å². The number of benzene rings is 1. The molecule has 3 aromatic rings. The highest BCUT2D eigenvalue weighted by Crippen LogP contribution is 2.44. The molecule has 0 unspecified atom stereocenters. The summed E-state index contributed by atoms with van der Waals surface area (Å²) in [6.45, 7) is 8.68. The number of hydrogen-bond acceptors (Lipinski definition) is 6. The smallest absolute Gasteiger partial charge is 0.232 e. The SMILES string of the molecule is CC(C)C(=O)N1Cc2cc(Cl)ccc2-n2c(nnc2N2CC3(CN(c4ccccn4)C3)C2)C1. The Morgan fingerprint density at radius 2 is 1.82 bits per heavy atom. The highest BCUT2D eigenvalue weighted by molar-refractivity contribution is 6.30. The van der Waals surface area contributed by atoms with Crippen LogP contribution in [0.1, 0.15) is 25.2 Å². The quantitative estimate of drug-likeness (QED) is 0.594. The van der Waals surface area contributed by atoms with Crippen LogP contribution in [-0.4, -0.2) is 56.7 Å². The van der Waals surface area contributed by atoms with Gasteiger partial charge in [0.15, 0.2) is 5.82 Å². The second-order valence-corrected chi connectivity index (χ2v) is 10.2. The van der Waals surface area contributed by atoms with Gasteiger partial charge in [0.25, 0.3) is 0 Å². The van der Waals surface area contributed by atoms with E-state index in [0.29, 0.717) is 18.1 Å². The average molecular weight is 464 g/mol. The molecule has 5 heterocycles. The first-order chi connectivity index (χ1) is 15.9. The van der Waals surface area contributed by atoms with E-state index in [9.17, 15) is 4.79 Å². The second-order valence-electron chi connectivity index (χ2n) is 9.77. The van der Waals surface area contributed by atoms with Crippen molar-refractivity contribution in [1.82, 2.24) is 24.6 Å². The molecule has 1 spiro atoms. The van der Waals surface area contributed by atoms with Gasteiger partial charge in [0, 0.05) is 55.3 Å². The molecule has 1 amide bonds. The zero-order chi connectivity index (χ0) is 22.7. The van der Waals surface area contributed by atoms with E-state index in [1.54, 1.807) is 0 Å². The first-order valence-corrected chi connectivity index (χ1v) is 11.7. The maximum Gasteiger partial charge on any atom is 0.232 e. The zero-order valence-corrected chi connectivity index (χ0v) is 19.5. The van der Waals surface area contributed by atoms with E-state index in [1.807, 2.05) is 55.3 Å². The fourth-order valence-electron chi connectivity index (χ4n) is 5.28. The minimum atomic E-state index is -0.0857. The van der Waals surface area contributed by atoms with Crippen LogP contribution in [0.3, 0.4) is 0 Å². The summed E-state index contributed by atoms with van der Waals surface area (Å²) in [5.74, 6) is 2.68.